The lowest BCUT2D eigenvalue weighted by molar-refractivity contribution is 1.31. The van der Waals surface area contributed by atoms with E-state index >= 15 is 0 Å². The van der Waals surface area contributed by atoms with Crippen LogP contribution in [-0.2, 0) is 0 Å². The molecule has 0 aliphatic rings. The predicted molar refractivity (Wildman–Crippen MR) is 42.5 cm³/mol. The number of nitrogens with zero attached hydrogens (tertiary/aromatic N) is 1. The summed E-state index contributed by atoms with van der Waals surface area (Å²) in [6.45, 7) is 0. The van der Waals surface area contributed by atoms with Crippen molar-refractivity contribution in [1.29, 1.82) is 0 Å². The zero-order valence-electron chi connectivity index (χ0n) is 4.66. The third kappa shape index (κ3) is 1.29. The van der Waals surface area contributed by atoms with Crippen molar-refractivity contribution in [2.75, 3.05) is 5.73 Å². The number of halogens is 3. The Bertz CT molecular complexity index is 234. The summed E-state index contributed by atoms with van der Waals surface area (Å²) in [5.41, 5.74) is 5.57. The Labute approximate surface area is 72.9 Å². The molecular formula is C5H2Cl3N2. The van der Waals surface area contributed by atoms with Crippen LogP contribution in [-0.4, -0.2) is 4.98 Å². The molecule has 5 heteroatoms. The van der Waals surface area contributed by atoms with Crippen molar-refractivity contribution in [1.82, 2.24) is 4.98 Å². The van der Waals surface area contributed by atoms with Gasteiger partial charge in [0.1, 0.15) is 11.2 Å². The first-order chi connectivity index (χ1) is 4.63. The predicted octanol–water partition coefficient (Wildman–Crippen LogP) is 2.42. The van der Waals surface area contributed by atoms with E-state index in [1.54, 1.807) is 0 Å². The molecule has 0 aliphatic carbocycles. The molecule has 0 bridgehead atoms. The largest absolute Gasteiger partial charge is 0.396 e. The molecule has 53 valence electrons. The summed E-state index contributed by atoms with van der Waals surface area (Å²) in [4.78, 5) is 3.54. The maximum atomic E-state index is 5.56. The maximum absolute atomic E-state index is 5.56. The van der Waals surface area contributed by atoms with Crippen molar-refractivity contribution in [3.8, 4) is 0 Å². The zero-order chi connectivity index (χ0) is 7.72. The van der Waals surface area contributed by atoms with Gasteiger partial charge in [0.05, 0.1) is 10.7 Å². The van der Waals surface area contributed by atoms with Crippen LogP contribution in [0.1, 0.15) is 0 Å². The molecule has 0 spiro atoms. The Morgan fingerprint density at radius 2 is 1.90 bits per heavy atom. The first-order valence-corrected chi connectivity index (χ1v) is 3.44. The van der Waals surface area contributed by atoms with E-state index in [4.69, 9.17) is 40.5 Å². The van der Waals surface area contributed by atoms with E-state index in [9.17, 15) is 0 Å². The molecule has 2 N–H and O–H groups in total. The van der Waals surface area contributed by atoms with Gasteiger partial charge in [-0.3, -0.25) is 0 Å². The second-order valence-electron chi connectivity index (χ2n) is 1.56. The lowest BCUT2D eigenvalue weighted by Crippen LogP contribution is -1.90. The van der Waals surface area contributed by atoms with E-state index in [-0.39, 0.29) is 20.9 Å². The van der Waals surface area contributed by atoms with Crippen molar-refractivity contribution in [3.05, 3.63) is 21.4 Å². The highest BCUT2D eigenvalue weighted by Gasteiger charge is 2.06. The van der Waals surface area contributed by atoms with Crippen LogP contribution in [0.4, 0.5) is 5.69 Å². The van der Waals surface area contributed by atoms with Gasteiger partial charge in [0.25, 0.3) is 0 Å². The van der Waals surface area contributed by atoms with Gasteiger partial charge >= 0.3 is 0 Å². The number of pyridine rings is 1. The molecule has 1 rings (SSSR count). The van der Waals surface area contributed by atoms with Gasteiger partial charge in [-0.2, -0.15) is 0 Å². The molecule has 0 aromatic carbocycles. The molecule has 10 heavy (non-hydrogen) atoms. The minimum Gasteiger partial charge on any atom is -0.396 e. The summed E-state index contributed by atoms with van der Waals surface area (Å²) in [7, 11) is 0. The van der Waals surface area contributed by atoms with Gasteiger partial charge in [-0.05, 0) is 0 Å². The molecule has 0 unspecified atom stereocenters. The number of hydrogen-bond acceptors (Lipinski definition) is 2. The first kappa shape index (κ1) is 7.92. The quantitative estimate of drug-likeness (QED) is 0.647. The maximum Gasteiger partial charge on any atom is 0.150 e. The Kier molecular flexibility index (Phi) is 2.24. The summed E-state index contributed by atoms with van der Waals surface area (Å²) in [6, 6.07) is 0. The summed E-state index contributed by atoms with van der Waals surface area (Å²) in [6.07, 6.45) is 2.38. The fraction of sp³-hybridized carbons (Fsp3) is 0. The summed E-state index contributed by atoms with van der Waals surface area (Å²) in [5.74, 6) is 0. The van der Waals surface area contributed by atoms with Crippen LogP contribution in [0.15, 0.2) is 0 Å². The van der Waals surface area contributed by atoms with E-state index in [1.165, 1.54) is 0 Å². The SMILES string of the molecule is Nc1c(Cl)[c]nc(Cl)c1Cl. The van der Waals surface area contributed by atoms with Crippen LogP contribution < -0.4 is 5.73 Å². The monoisotopic (exact) mass is 195 g/mol. The standard InChI is InChI=1S/C5H2Cl3N2/c6-2-1-10-5(8)3(7)4(2)9/h(H2,9,10). The molecule has 1 aromatic heterocycles. The molecule has 2 nitrogen and oxygen atoms in total. The third-order valence-electron chi connectivity index (χ3n) is 0.906. The molecule has 0 fully saturated rings. The molecule has 1 radical (unpaired) electrons. The van der Waals surface area contributed by atoms with E-state index in [0.29, 0.717) is 0 Å². The Morgan fingerprint density at radius 3 is 2.40 bits per heavy atom. The van der Waals surface area contributed by atoms with Crippen LogP contribution in [0.3, 0.4) is 0 Å². The number of nitrogen functional groups attached to an aromatic ring is 1. The van der Waals surface area contributed by atoms with E-state index in [1.807, 2.05) is 0 Å². The van der Waals surface area contributed by atoms with E-state index in [0.717, 1.165) is 0 Å². The van der Waals surface area contributed by atoms with E-state index < -0.39 is 0 Å². The Balaban J connectivity index is 3.34. The Hall–Kier alpha value is -0.180. The van der Waals surface area contributed by atoms with Gasteiger partial charge in [0, 0.05) is 0 Å². The molecule has 0 saturated carbocycles. The highest BCUT2D eigenvalue weighted by atomic mass is 35.5. The lowest BCUT2D eigenvalue weighted by atomic mass is 10.4. The minimum atomic E-state index is 0.114. The van der Waals surface area contributed by atoms with Gasteiger partial charge in [0.15, 0.2) is 5.15 Å². The fourth-order valence-electron chi connectivity index (χ4n) is 0.415. The highest BCUT2D eigenvalue weighted by molar-refractivity contribution is 6.45. The third-order valence-corrected chi connectivity index (χ3v) is 1.95. The number of nitrogens with two attached hydrogens (primary N) is 1. The lowest BCUT2D eigenvalue weighted by Gasteiger charge is -1.99. The van der Waals surface area contributed by atoms with Gasteiger partial charge in [0.2, 0.25) is 0 Å². The second-order valence-corrected chi connectivity index (χ2v) is 2.67. The highest BCUT2D eigenvalue weighted by Crippen LogP contribution is 2.30. The zero-order valence-corrected chi connectivity index (χ0v) is 6.93. The molecule has 1 aromatic rings. The topological polar surface area (TPSA) is 38.9 Å². The number of anilines is 1. The Morgan fingerprint density at radius 1 is 1.30 bits per heavy atom. The van der Waals surface area contributed by atoms with Crippen LogP contribution >= 0.6 is 34.8 Å². The van der Waals surface area contributed by atoms with Gasteiger partial charge in [-0.1, -0.05) is 34.8 Å². The molecular weight excluding hydrogens is 194 g/mol. The average molecular weight is 196 g/mol. The normalized spacial score (nSPS) is 9.90. The van der Waals surface area contributed by atoms with Crippen LogP contribution in [0.5, 0.6) is 0 Å². The van der Waals surface area contributed by atoms with Crippen molar-refractivity contribution in [3.63, 3.8) is 0 Å². The number of rotatable bonds is 0. The van der Waals surface area contributed by atoms with Gasteiger partial charge in [-0.15, -0.1) is 0 Å². The van der Waals surface area contributed by atoms with Crippen molar-refractivity contribution < 1.29 is 0 Å². The second kappa shape index (κ2) is 2.82. The van der Waals surface area contributed by atoms with Crippen molar-refractivity contribution in [2.45, 2.75) is 0 Å². The molecule has 0 aliphatic heterocycles. The minimum absolute atomic E-state index is 0.114. The van der Waals surface area contributed by atoms with Crippen molar-refractivity contribution >= 4 is 40.5 Å². The molecule has 0 atom stereocenters. The summed E-state index contributed by atoms with van der Waals surface area (Å²) >= 11 is 16.5. The first-order valence-electron chi connectivity index (χ1n) is 2.30. The summed E-state index contributed by atoms with van der Waals surface area (Å²) in [5, 5.41) is 0.475. The molecule has 0 saturated heterocycles. The van der Waals surface area contributed by atoms with E-state index in [2.05, 4.69) is 11.2 Å². The fourth-order valence-corrected chi connectivity index (χ4v) is 0.881. The van der Waals surface area contributed by atoms with Crippen molar-refractivity contribution in [2.24, 2.45) is 0 Å². The molecule has 1 heterocycles. The molecule has 0 amide bonds. The van der Waals surface area contributed by atoms with Crippen LogP contribution in [0.25, 0.3) is 0 Å². The number of hydrogen-bond donors (Lipinski definition) is 1. The van der Waals surface area contributed by atoms with Crippen LogP contribution in [0.2, 0.25) is 15.2 Å². The van der Waals surface area contributed by atoms with Crippen LogP contribution in [0, 0.1) is 6.20 Å². The smallest absolute Gasteiger partial charge is 0.150 e. The van der Waals surface area contributed by atoms with Gasteiger partial charge < -0.3 is 5.73 Å². The summed E-state index contributed by atoms with van der Waals surface area (Å²) < 4.78 is 0. The average Bonchev–Trinajstić information content (AvgIpc) is 1.93. The number of aromatic nitrogens is 1. The van der Waals surface area contributed by atoms with Gasteiger partial charge in [-0.25, -0.2) is 4.98 Å².